The molecule has 2 saturated carbocycles. The molecule has 2 N–H and O–H groups in total. The fourth-order valence-corrected chi connectivity index (χ4v) is 4.34. The van der Waals surface area contributed by atoms with Crippen LogP contribution < -0.4 is 10.6 Å². The molecule has 0 radical (unpaired) electrons. The normalized spacial score (nSPS) is 22.4. The van der Waals surface area contributed by atoms with Crippen LogP contribution in [-0.4, -0.2) is 56.2 Å². The number of carbonyl (C=O) groups is 1. The summed E-state index contributed by atoms with van der Waals surface area (Å²) in [6.45, 7) is -0.885. The van der Waals surface area contributed by atoms with Crippen LogP contribution in [0.15, 0.2) is 29.3 Å². The van der Waals surface area contributed by atoms with Crippen molar-refractivity contribution in [3.05, 3.63) is 35.4 Å². The number of benzene rings is 1. The molecule has 2 bridgehead atoms. The number of nitrogens with zero attached hydrogens (tertiary/aromatic N) is 2. The van der Waals surface area contributed by atoms with Crippen LogP contribution in [0.4, 0.5) is 13.2 Å². The summed E-state index contributed by atoms with van der Waals surface area (Å²) in [4.78, 5) is 18.1. The van der Waals surface area contributed by atoms with Gasteiger partial charge in [0, 0.05) is 20.1 Å². The van der Waals surface area contributed by atoms with Gasteiger partial charge in [-0.2, -0.15) is 13.2 Å². The summed E-state index contributed by atoms with van der Waals surface area (Å²) in [6, 6.07) is 7.54. The van der Waals surface area contributed by atoms with Crippen LogP contribution in [0.25, 0.3) is 0 Å². The highest BCUT2D eigenvalue weighted by molar-refractivity contribution is 14.0. The highest BCUT2D eigenvalue weighted by atomic mass is 127. The Morgan fingerprint density at radius 2 is 1.97 bits per heavy atom. The molecular formula is C22H32F3IN4O2. The predicted octanol–water partition coefficient (Wildman–Crippen LogP) is 3.70. The van der Waals surface area contributed by atoms with Crippen LogP contribution in [0.5, 0.6) is 0 Å². The van der Waals surface area contributed by atoms with Crippen molar-refractivity contribution >= 4 is 35.8 Å². The molecule has 1 aromatic carbocycles. The molecule has 1 aromatic rings. The SMILES string of the molecule is CN(C)C(=O)CNC(=NCc1cccc(COCC(F)(F)F)c1)NC1CC2CCC1C2.I. The monoisotopic (exact) mass is 568 g/mol. The molecule has 0 saturated heterocycles. The van der Waals surface area contributed by atoms with Gasteiger partial charge in [0.1, 0.15) is 6.61 Å². The molecule has 2 aliphatic rings. The van der Waals surface area contributed by atoms with Crippen molar-refractivity contribution < 1.29 is 22.7 Å². The number of guanidine groups is 1. The molecule has 3 rings (SSSR count). The van der Waals surface area contributed by atoms with Gasteiger partial charge in [0.25, 0.3) is 0 Å². The van der Waals surface area contributed by atoms with Gasteiger partial charge in [0.05, 0.1) is 19.7 Å². The van der Waals surface area contributed by atoms with Gasteiger partial charge in [-0.05, 0) is 42.2 Å². The number of hydrogen-bond acceptors (Lipinski definition) is 3. The highest BCUT2D eigenvalue weighted by Crippen LogP contribution is 2.44. The second-order valence-electron chi connectivity index (χ2n) is 8.66. The lowest BCUT2D eigenvalue weighted by molar-refractivity contribution is -0.176. The number of aliphatic imine (C=N–C) groups is 1. The van der Waals surface area contributed by atoms with Gasteiger partial charge >= 0.3 is 6.18 Å². The Bertz CT molecular complexity index is 789. The summed E-state index contributed by atoms with van der Waals surface area (Å²) in [5, 5.41) is 6.62. The number of rotatable bonds is 8. The molecular weight excluding hydrogens is 536 g/mol. The molecule has 3 unspecified atom stereocenters. The van der Waals surface area contributed by atoms with E-state index in [-0.39, 0.29) is 43.0 Å². The van der Waals surface area contributed by atoms with Gasteiger partial charge in [-0.3, -0.25) is 4.79 Å². The third-order valence-electron chi connectivity index (χ3n) is 5.91. The molecule has 180 valence electrons. The van der Waals surface area contributed by atoms with Gasteiger partial charge in [0.15, 0.2) is 5.96 Å². The van der Waals surface area contributed by atoms with E-state index in [2.05, 4.69) is 15.6 Å². The zero-order chi connectivity index (χ0) is 22.4. The third-order valence-corrected chi connectivity index (χ3v) is 5.91. The van der Waals surface area contributed by atoms with E-state index in [9.17, 15) is 18.0 Å². The van der Waals surface area contributed by atoms with Gasteiger partial charge in [-0.1, -0.05) is 30.7 Å². The molecule has 2 aliphatic carbocycles. The minimum Gasteiger partial charge on any atom is -0.367 e. The number of carbonyl (C=O) groups excluding carboxylic acids is 1. The van der Waals surface area contributed by atoms with Crippen LogP contribution in [0.1, 0.15) is 36.8 Å². The van der Waals surface area contributed by atoms with Crippen molar-refractivity contribution in [1.82, 2.24) is 15.5 Å². The van der Waals surface area contributed by atoms with Crippen molar-refractivity contribution in [2.75, 3.05) is 27.2 Å². The maximum absolute atomic E-state index is 12.3. The second-order valence-corrected chi connectivity index (χ2v) is 8.66. The average Bonchev–Trinajstić information content (AvgIpc) is 3.32. The van der Waals surface area contributed by atoms with Gasteiger partial charge in [-0.15, -0.1) is 24.0 Å². The van der Waals surface area contributed by atoms with Crippen molar-refractivity contribution in [2.45, 2.75) is 51.1 Å². The van der Waals surface area contributed by atoms with E-state index in [1.165, 1.54) is 24.2 Å². The molecule has 0 spiro atoms. The number of fused-ring (bicyclic) bond motifs is 2. The predicted molar refractivity (Wildman–Crippen MR) is 128 cm³/mol. The quantitative estimate of drug-likeness (QED) is 0.286. The van der Waals surface area contributed by atoms with Gasteiger partial charge in [-0.25, -0.2) is 4.99 Å². The van der Waals surface area contributed by atoms with E-state index in [0.717, 1.165) is 17.9 Å². The first-order chi connectivity index (χ1) is 14.7. The Morgan fingerprint density at radius 3 is 2.59 bits per heavy atom. The summed E-state index contributed by atoms with van der Waals surface area (Å²) in [5.74, 6) is 1.97. The number of halogens is 4. The van der Waals surface area contributed by atoms with E-state index < -0.39 is 12.8 Å². The summed E-state index contributed by atoms with van der Waals surface area (Å²) >= 11 is 0. The molecule has 10 heteroatoms. The fraction of sp³-hybridized carbons (Fsp3) is 0.636. The Labute approximate surface area is 204 Å². The molecule has 0 heterocycles. The molecule has 6 nitrogen and oxygen atoms in total. The minimum absolute atomic E-state index is 0. The maximum atomic E-state index is 12.3. The Kier molecular flexibility index (Phi) is 10.1. The van der Waals surface area contributed by atoms with Crippen LogP contribution in [0.3, 0.4) is 0 Å². The zero-order valence-electron chi connectivity index (χ0n) is 18.5. The van der Waals surface area contributed by atoms with Crippen LogP contribution >= 0.6 is 24.0 Å². The minimum atomic E-state index is -4.34. The lowest BCUT2D eigenvalue weighted by Crippen LogP contribution is -2.48. The topological polar surface area (TPSA) is 66.0 Å². The van der Waals surface area contributed by atoms with Gasteiger partial charge in [0.2, 0.25) is 5.91 Å². The van der Waals surface area contributed by atoms with Crippen LogP contribution in [0, 0.1) is 11.8 Å². The maximum Gasteiger partial charge on any atom is 0.411 e. The molecule has 32 heavy (non-hydrogen) atoms. The third kappa shape index (κ3) is 8.42. The standard InChI is InChI=1S/C22H31F3N4O2.HI/c1-29(2)20(30)12-27-21(28-19-10-15-6-7-18(19)9-15)26-11-16-4-3-5-17(8-16)13-31-14-22(23,24)25;/h3-5,8,15,18-19H,6-7,9-14H2,1-2H3,(H2,26,27,28);1H. The lowest BCUT2D eigenvalue weighted by atomic mass is 9.95. The Balaban J connectivity index is 0.00000363. The van der Waals surface area contributed by atoms with Crippen molar-refractivity contribution in [2.24, 2.45) is 16.8 Å². The number of amides is 1. The first kappa shape index (κ1) is 26.7. The number of nitrogens with one attached hydrogen (secondary N) is 2. The summed E-state index contributed by atoms with van der Waals surface area (Å²) in [6.07, 6.45) is 0.565. The van der Waals surface area contributed by atoms with E-state index in [1.54, 1.807) is 32.3 Å². The number of hydrogen-bond donors (Lipinski definition) is 2. The van der Waals surface area contributed by atoms with Crippen LogP contribution in [0.2, 0.25) is 0 Å². The molecule has 1 amide bonds. The van der Waals surface area contributed by atoms with E-state index in [4.69, 9.17) is 4.74 Å². The summed E-state index contributed by atoms with van der Waals surface area (Å²) < 4.78 is 41.5. The molecule has 0 aromatic heterocycles. The van der Waals surface area contributed by atoms with E-state index in [0.29, 0.717) is 30.0 Å². The zero-order valence-corrected chi connectivity index (χ0v) is 20.8. The highest BCUT2D eigenvalue weighted by Gasteiger charge is 2.39. The largest absolute Gasteiger partial charge is 0.411 e. The number of likely N-dealkylation sites (N-methyl/N-ethyl adjacent to an activating group) is 1. The summed E-state index contributed by atoms with van der Waals surface area (Å²) in [7, 11) is 3.41. The van der Waals surface area contributed by atoms with E-state index >= 15 is 0 Å². The molecule has 2 fully saturated rings. The second kappa shape index (κ2) is 12.1. The molecule has 0 aliphatic heterocycles. The van der Waals surface area contributed by atoms with Crippen molar-refractivity contribution in [3.63, 3.8) is 0 Å². The average molecular weight is 568 g/mol. The Morgan fingerprint density at radius 1 is 1.22 bits per heavy atom. The first-order valence-corrected chi connectivity index (χ1v) is 10.7. The molecule has 3 atom stereocenters. The fourth-order valence-electron chi connectivity index (χ4n) is 4.34. The van der Waals surface area contributed by atoms with Crippen molar-refractivity contribution in [1.29, 1.82) is 0 Å². The smallest absolute Gasteiger partial charge is 0.367 e. The van der Waals surface area contributed by atoms with Crippen molar-refractivity contribution in [3.8, 4) is 0 Å². The van der Waals surface area contributed by atoms with E-state index in [1.807, 2.05) is 6.07 Å². The number of alkyl halides is 3. The van der Waals surface area contributed by atoms with Crippen LogP contribution in [-0.2, 0) is 22.7 Å². The summed E-state index contributed by atoms with van der Waals surface area (Å²) in [5.41, 5.74) is 1.52. The Hall–Kier alpha value is -1.56. The first-order valence-electron chi connectivity index (χ1n) is 10.7. The lowest BCUT2D eigenvalue weighted by Gasteiger charge is -2.25. The van der Waals surface area contributed by atoms with Gasteiger partial charge < -0.3 is 20.3 Å². The number of ether oxygens (including phenoxy) is 1.